The molecule has 0 unspecified atom stereocenters. The van der Waals surface area contributed by atoms with Crippen molar-refractivity contribution in [3.63, 3.8) is 0 Å². The minimum atomic E-state index is -0.412. The number of rotatable bonds is 4. The summed E-state index contributed by atoms with van der Waals surface area (Å²) in [6.45, 7) is 1.72. The molecular formula is C16H22ClFN2O2. The Balaban J connectivity index is 0.00000176. The van der Waals surface area contributed by atoms with Crippen molar-refractivity contribution < 1.29 is 13.9 Å². The fraction of sp³-hybridized carbons (Fsp3) is 0.562. The first-order chi connectivity index (χ1) is 10.2. The Hall–Kier alpha value is -1.33. The van der Waals surface area contributed by atoms with E-state index in [2.05, 4.69) is 10.6 Å². The third-order valence-corrected chi connectivity index (χ3v) is 4.26. The average Bonchev–Trinajstić information content (AvgIpc) is 2.45. The van der Waals surface area contributed by atoms with E-state index in [1.807, 2.05) is 0 Å². The molecule has 0 bridgehead atoms. The maximum atomic E-state index is 14.0. The van der Waals surface area contributed by atoms with Crippen molar-refractivity contribution in [3.05, 3.63) is 24.0 Å². The van der Waals surface area contributed by atoms with E-state index in [4.69, 9.17) is 4.74 Å². The normalized spacial score (nSPS) is 19.0. The summed E-state index contributed by atoms with van der Waals surface area (Å²) < 4.78 is 19.5. The van der Waals surface area contributed by atoms with Crippen molar-refractivity contribution in [2.75, 3.05) is 18.4 Å². The van der Waals surface area contributed by atoms with Gasteiger partial charge in [-0.05, 0) is 57.3 Å². The van der Waals surface area contributed by atoms with Crippen LogP contribution in [0.1, 0.15) is 32.1 Å². The summed E-state index contributed by atoms with van der Waals surface area (Å²) in [6.07, 6.45) is 4.95. The molecule has 1 aromatic carbocycles. The molecule has 22 heavy (non-hydrogen) atoms. The minimum Gasteiger partial charge on any atom is -0.487 e. The molecule has 1 aromatic rings. The van der Waals surface area contributed by atoms with Gasteiger partial charge in [-0.25, -0.2) is 4.39 Å². The highest BCUT2D eigenvalue weighted by Crippen LogP contribution is 2.28. The summed E-state index contributed by atoms with van der Waals surface area (Å²) in [5, 5.41) is 6.02. The number of ether oxygens (including phenoxy) is 1. The Morgan fingerprint density at radius 3 is 2.55 bits per heavy atom. The highest BCUT2D eigenvalue weighted by molar-refractivity contribution is 5.92. The molecule has 0 aromatic heterocycles. The van der Waals surface area contributed by atoms with Gasteiger partial charge in [-0.2, -0.15) is 0 Å². The lowest BCUT2D eigenvalue weighted by atomic mass is 9.96. The van der Waals surface area contributed by atoms with Crippen molar-refractivity contribution in [2.45, 2.75) is 38.2 Å². The molecule has 4 nitrogen and oxygen atoms in total. The molecule has 0 spiro atoms. The van der Waals surface area contributed by atoms with Gasteiger partial charge in [0.25, 0.3) is 0 Å². The number of nitrogens with one attached hydrogen (secondary N) is 2. The molecule has 0 atom stereocenters. The van der Waals surface area contributed by atoms with Gasteiger partial charge in [-0.3, -0.25) is 4.79 Å². The summed E-state index contributed by atoms with van der Waals surface area (Å²) in [7, 11) is 0. The van der Waals surface area contributed by atoms with E-state index in [0.29, 0.717) is 5.69 Å². The van der Waals surface area contributed by atoms with Gasteiger partial charge >= 0.3 is 0 Å². The smallest absolute Gasteiger partial charge is 0.227 e. The second-order valence-electron chi connectivity index (χ2n) is 5.83. The van der Waals surface area contributed by atoms with Crippen molar-refractivity contribution >= 4 is 24.0 Å². The lowest BCUT2D eigenvalue weighted by Crippen LogP contribution is -2.34. The summed E-state index contributed by atoms with van der Waals surface area (Å²) in [5.74, 6) is -0.145. The molecule has 122 valence electrons. The van der Waals surface area contributed by atoms with Crippen LogP contribution in [0.3, 0.4) is 0 Å². The maximum Gasteiger partial charge on any atom is 0.227 e. The molecule has 0 radical (unpaired) electrons. The summed E-state index contributed by atoms with van der Waals surface area (Å²) >= 11 is 0. The molecule has 1 amide bonds. The molecule has 1 heterocycles. The Morgan fingerprint density at radius 2 is 1.95 bits per heavy atom. The molecule has 1 aliphatic heterocycles. The van der Waals surface area contributed by atoms with Gasteiger partial charge in [0.05, 0.1) is 6.10 Å². The van der Waals surface area contributed by atoms with Crippen LogP contribution in [0.25, 0.3) is 0 Å². The number of piperidine rings is 1. The first kappa shape index (κ1) is 17.0. The summed E-state index contributed by atoms with van der Waals surface area (Å²) in [6, 6.07) is 4.65. The Bertz CT molecular complexity index is 517. The fourth-order valence-corrected chi connectivity index (χ4v) is 2.67. The highest BCUT2D eigenvalue weighted by Gasteiger charge is 2.22. The van der Waals surface area contributed by atoms with Gasteiger partial charge < -0.3 is 15.4 Å². The summed E-state index contributed by atoms with van der Waals surface area (Å²) in [5.41, 5.74) is 0.497. The average molecular weight is 329 g/mol. The predicted molar refractivity (Wildman–Crippen MR) is 86.1 cm³/mol. The number of amides is 1. The lowest BCUT2D eigenvalue weighted by molar-refractivity contribution is -0.120. The number of hydrogen-bond acceptors (Lipinski definition) is 3. The van der Waals surface area contributed by atoms with Crippen LogP contribution in [0.5, 0.6) is 5.75 Å². The van der Waals surface area contributed by atoms with Gasteiger partial charge in [-0.15, -0.1) is 12.4 Å². The molecule has 2 N–H and O–H groups in total. The van der Waals surface area contributed by atoms with Crippen LogP contribution in [0.15, 0.2) is 18.2 Å². The SMILES string of the molecule is Cl.O=C(Nc1ccc(OC2CCC2)c(F)c1)C1CCNCC1. The van der Waals surface area contributed by atoms with Gasteiger partial charge in [-0.1, -0.05) is 0 Å². The maximum absolute atomic E-state index is 14.0. The van der Waals surface area contributed by atoms with Crippen molar-refractivity contribution in [3.8, 4) is 5.75 Å². The van der Waals surface area contributed by atoms with E-state index in [1.54, 1.807) is 12.1 Å². The van der Waals surface area contributed by atoms with E-state index >= 15 is 0 Å². The van der Waals surface area contributed by atoms with Crippen LogP contribution in [0, 0.1) is 11.7 Å². The third kappa shape index (κ3) is 4.11. The molecular weight excluding hydrogens is 307 g/mol. The van der Waals surface area contributed by atoms with Crippen molar-refractivity contribution in [1.82, 2.24) is 5.32 Å². The first-order valence-corrected chi connectivity index (χ1v) is 7.70. The standard InChI is InChI=1S/C16H21FN2O2.ClH/c17-14-10-12(4-5-15(14)21-13-2-1-3-13)19-16(20)11-6-8-18-9-7-11;/h4-5,10-11,13,18H,1-3,6-9H2,(H,19,20);1H. The number of carbonyl (C=O) groups is 1. The van der Waals surface area contributed by atoms with E-state index in [0.717, 1.165) is 45.2 Å². The number of benzene rings is 1. The van der Waals surface area contributed by atoms with Crippen LogP contribution in [0.2, 0.25) is 0 Å². The molecule has 3 rings (SSSR count). The Morgan fingerprint density at radius 1 is 1.23 bits per heavy atom. The van der Waals surface area contributed by atoms with Crippen molar-refractivity contribution in [2.24, 2.45) is 5.92 Å². The monoisotopic (exact) mass is 328 g/mol. The van der Waals surface area contributed by atoms with Crippen LogP contribution >= 0.6 is 12.4 Å². The van der Waals surface area contributed by atoms with Crippen LogP contribution in [-0.4, -0.2) is 25.1 Å². The topological polar surface area (TPSA) is 50.4 Å². The summed E-state index contributed by atoms with van der Waals surface area (Å²) in [4.78, 5) is 12.1. The largest absolute Gasteiger partial charge is 0.487 e. The Labute approximate surface area is 136 Å². The minimum absolute atomic E-state index is 0. The van der Waals surface area contributed by atoms with Gasteiger partial charge in [0.2, 0.25) is 5.91 Å². The Kier molecular flexibility index (Phi) is 6.03. The number of halogens is 2. The van der Waals surface area contributed by atoms with Crippen LogP contribution < -0.4 is 15.4 Å². The second kappa shape index (κ2) is 7.79. The van der Waals surface area contributed by atoms with Gasteiger partial charge in [0, 0.05) is 17.7 Å². The molecule has 2 fully saturated rings. The zero-order chi connectivity index (χ0) is 14.7. The zero-order valence-electron chi connectivity index (χ0n) is 12.4. The van der Waals surface area contributed by atoms with Gasteiger partial charge in [0.15, 0.2) is 11.6 Å². The molecule has 1 aliphatic carbocycles. The fourth-order valence-electron chi connectivity index (χ4n) is 2.67. The predicted octanol–water partition coefficient (Wildman–Crippen LogP) is 3.12. The quantitative estimate of drug-likeness (QED) is 0.893. The molecule has 1 saturated heterocycles. The van der Waals surface area contributed by atoms with Crippen LogP contribution in [-0.2, 0) is 4.79 Å². The molecule has 1 saturated carbocycles. The lowest BCUT2D eigenvalue weighted by Gasteiger charge is -2.26. The van der Waals surface area contributed by atoms with E-state index in [9.17, 15) is 9.18 Å². The second-order valence-corrected chi connectivity index (χ2v) is 5.83. The number of carbonyl (C=O) groups excluding carboxylic acids is 1. The first-order valence-electron chi connectivity index (χ1n) is 7.70. The van der Waals surface area contributed by atoms with E-state index < -0.39 is 5.82 Å². The zero-order valence-corrected chi connectivity index (χ0v) is 13.3. The molecule has 2 aliphatic rings. The van der Waals surface area contributed by atoms with Crippen LogP contribution in [0.4, 0.5) is 10.1 Å². The van der Waals surface area contributed by atoms with Gasteiger partial charge in [0.1, 0.15) is 0 Å². The number of anilines is 1. The molecule has 6 heteroatoms. The van der Waals surface area contributed by atoms with E-state index in [1.165, 1.54) is 6.07 Å². The highest BCUT2D eigenvalue weighted by atomic mass is 35.5. The van der Waals surface area contributed by atoms with Crippen molar-refractivity contribution in [1.29, 1.82) is 0 Å². The van der Waals surface area contributed by atoms with E-state index in [-0.39, 0.29) is 36.1 Å². The third-order valence-electron chi connectivity index (χ3n) is 4.26. The number of hydrogen-bond donors (Lipinski definition) is 2.